The molecule has 3 aromatic rings. The number of hydrogen-bond acceptors (Lipinski definition) is 6. The lowest BCUT2D eigenvalue weighted by atomic mass is 10.0. The van der Waals surface area contributed by atoms with Gasteiger partial charge in [0.2, 0.25) is 5.91 Å². The van der Waals surface area contributed by atoms with Gasteiger partial charge in [0.1, 0.15) is 0 Å². The summed E-state index contributed by atoms with van der Waals surface area (Å²) in [6.07, 6.45) is 4.57. The van der Waals surface area contributed by atoms with Gasteiger partial charge in [-0.15, -0.1) is 22.7 Å². The zero-order valence-electron chi connectivity index (χ0n) is 13.2. The van der Waals surface area contributed by atoms with Crippen LogP contribution in [0.1, 0.15) is 30.3 Å². The van der Waals surface area contributed by atoms with Gasteiger partial charge in [0, 0.05) is 4.88 Å². The number of hydrogen-bond donors (Lipinski definition) is 1. The first-order valence-corrected chi connectivity index (χ1v) is 10.5. The van der Waals surface area contributed by atoms with E-state index in [2.05, 4.69) is 21.4 Å². The number of aryl methyl sites for hydroxylation is 2. The van der Waals surface area contributed by atoms with Crippen molar-refractivity contribution < 1.29 is 4.79 Å². The predicted octanol–water partition coefficient (Wildman–Crippen LogP) is 4.75. The summed E-state index contributed by atoms with van der Waals surface area (Å²) in [5.74, 6) is -0.00893. The monoisotopic (exact) mass is 375 g/mol. The van der Waals surface area contributed by atoms with Crippen LogP contribution in [0.4, 0.5) is 5.13 Å². The van der Waals surface area contributed by atoms with Crippen LogP contribution in [0.2, 0.25) is 0 Å². The Morgan fingerprint density at radius 3 is 2.88 bits per heavy atom. The normalized spacial score (nSPS) is 15.2. The van der Waals surface area contributed by atoms with Crippen LogP contribution in [0, 0.1) is 0 Å². The van der Waals surface area contributed by atoms with Gasteiger partial charge in [-0.25, -0.2) is 9.97 Å². The number of fused-ring (bicyclic) bond motifs is 2. The van der Waals surface area contributed by atoms with Crippen LogP contribution in [0.15, 0.2) is 28.6 Å². The highest BCUT2D eigenvalue weighted by Gasteiger charge is 2.20. The fourth-order valence-electron chi connectivity index (χ4n) is 2.72. The smallest absolute Gasteiger partial charge is 0.239 e. The standard InChI is InChI=1S/C17H17N3OS3/c1-10(22-17-19-12-7-3-5-9-14(12)24-17)15(21)20-16-18-11-6-2-4-8-13(11)23-16/h3,5,7,9-10H,2,4,6,8H2,1H3,(H,18,20,21). The van der Waals surface area contributed by atoms with Crippen molar-refractivity contribution in [2.24, 2.45) is 0 Å². The van der Waals surface area contributed by atoms with Crippen molar-refractivity contribution in [1.29, 1.82) is 0 Å². The molecule has 7 heteroatoms. The van der Waals surface area contributed by atoms with E-state index in [1.807, 2.05) is 25.1 Å². The van der Waals surface area contributed by atoms with Crippen molar-refractivity contribution in [3.05, 3.63) is 34.8 Å². The van der Waals surface area contributed by atoms with Crippen LogP contribution >= 0.6 is 34.4 Å². The Bertz CT molecular complexity index is 830. The maximum atomic E-state index is 12.5. The fraction of sp³-hybridized carbons (Fsp3) is 0.353. The predicted molar refractivity (Wildman–Crippen MR) is 102 cm³/mol. The van der Waals surface area contributed by atoms with E-state index in [0.717, 1.165) is 32.5 Å². The SMILES string of the molecule is CC(Sc1nc2ccccc2s1)C(=O)Nc1nc2c(s1)CCCC2. The van der Waals surface area contributed by atoms with E-state index in [1.54, 1.807) is 22.7 Å². The molecule has 0 saturated carbocycles. The molecule has 1 unspecified atom stereocenters. The number of thioether (sulfide) groups is 1. The second-order valence-corrected chi connectivity index (χ2v) is 9.50. The zero-order valence-corrected chi connectivity index (χ0v) is 15.7. The molecule has 1 N–H and O–H groups in total. The highest BCUT2D eigenvalue weighted by atomic mass is 32.2. The minimum Gasteiger partial charge on any atom is -0.301 e. The van der Waals surface area contributed by atoms with Crippen LogP contribution in [0.5, 0.6) is 0 Å². The molecular weight excluding hydrogens is 358 g/mol. The molecule has 4 nitrogen and oxygen atoms in total. The average Bonchev–Trinajstić information content (AvgIpc) is 3.16. The van der Waals surface area contributed by atoms with Crippen LogP contribution < -0.4 is 5.32 Å². The first kappa shape index (κ1) is 16.1. The molecule has 4 rings (SSSR count). The molecule has 0 spiro atoms. The van der Waals surface area contributed by atoms with Gasteiger partial charge in [0.15, 0.2) is 9.47 Å². The molecule has 0 bridgehead atoms. The number of rotatable bonds is 4. The van der Waals surface area contributed by atoms with Gasteiger partial charge >= 0.3 is 0 Å². The van der Waals surface area contributed by atoms with Crippen molar-refractivity contribution in [3.63, 3.8) is 0 Å². The van der Waals surface area contributed by atoms with E-state index in [1.165, 1.54) is 35.2 Å². The minimum atomic E-state index is -0.202. The molecule has 124 valence electrons. The number of aromatic nitrogens is 2. The molecule has 0 radical (unpaired) electrons. The summed E-state index contributed by atoms with van der Waals surface area (Å²) in [5, 5.41) is 3.51. The summed E-state index contributed by atoms with van der Waals surface area (Å²) in [6.45, 7) is 1.92. The minimum absolute atomic E-state index is 0.00893. The number of benzene rings is 1. The van der Waals surface area contributed by atoms with Gasteiger partial charge < -0.3 is 5.32 Å². The molecule has 1 aromatic carbocycles. The lowest BCUT2D eigenvalue weighted by Crippen LogP contribution is -2.22. The Balaban J connectivity index is 1.42. The summed E-state index contributed by atoms with van der Waals surface area (Å²) in [4.78, 5) is 23.0. The molecule has 1 amide bonds. The van der Waals surface area contributed by atoms with E-state index >= 15 is 0 Å². The van der Waals surface area contributed by atoms with Gasteiger partial charge in [-0.05, 0) is 44.7 Å². The second-order valence-electron chi connectivity index (χ2n) is 5.79. The first-order chi connectivity index (χ1) is 11.7. The van der Waals surface area contributed by atoms with Crippen molar-refractivity contribution in [1.82, 2.24) is 9.97 Å². The molecule has 1 aliphatic rings. The Kier molecular flexibility index (Phi) is 4.56. The van der Waals surface area contributed by atoms with Gasteiger partial charge in [-0.2, -0.15) is 0 Å². The zero-order chi connectivity index (χ0) is 16.5. The Morgan fingerprint density at radius 2 is 2.04 bits per heavy atom. The summed E-state index contributed by atoms with van der Waals surface area (Å²) < 4.78 is 2.08. The summed E-state index contributed by atoms with van der Waals surface area (Å²) >= 11 is 4.76. The van der Waals surface area contributed by atoms with Crippen molar-refractivity contribution in [2.45, 2.75) is 42.2 Å². The third-order valence-electron chi connectivity index (χ3n) is 4.00. The third kappa shape index (κ3) is 3.34. The maximum absolute atomic E-state index is 12.5. The lowest BCUT2D eigenvalue weighted by Gasteiger charge is -2.08. The number of thiazole rings is 2. The van der Waals surface area contributed by atoms with E-state index in [0.29, 0.717) is 0 Å². The number of nitrogens with zero attached hydrogens (tertiary/aromatic N) is 2. The topological polar surface area (TPSA) is 54.9 Å². The Morgan fingerprint density at radius 1 is 1.21 bits per heavy atom. The maximum Gasteiger partial charge on any atom is 0.239 e. The number of carbonyl (C=O) groups excluding carboxylic acids is 1. The quantitative estimate of drug-likeness (QED) is 0.669. The highest BCUT2D eigenvalue weighted by molar-refractivity contribution is 8.02. The summed E-state index contributed by atoms with van der Waals surface area (Å²) in [5.41, 5.74) is 2.17. The molecule has 0 saturated heterocycles. The molecule has 0 aliphatic heterocycles. The van der Waals surface area contributed by atoms with E-state index in [-0.39, 0.29) is 11.2 Å². The van der Waals surface area contributed by atoms with Crippen molar-refractivity contribution in [3.8, 4) is 0 Å². The number of amides is 1. The Labute approximate surface area is 152 Å². The molecular formula is C17H17N3OS3. The third-order valence-corrected chi connectivity index (χ3v) is 7.30. The summed E-state index contributed by atoms with van der Waals surface area (Å²) in [7, 11) is 0. The van der Waals surface area contributed by atoms with Gasteiger partial charge in [-0.3, -0.25) is 4.79 Å². The molecule has 24 heavy (non-hydrogen) atoms. The van der Waals surface area contributed by atoms with Crippen molar-refractivity contribution >= 4 is 55.7 Å². The molecule has 2 aromatic heterocycles. The Hall–Kier alpha value is -1.44. The second kappa shape index (κ2) is 6.82. The van der Waals surface area contributed by atoms with Crippen LogP contribution in [0.3, 0.4) is 0 Å². The number of anilines is 1. The number of nitrogens with one attached hydrogen (secondary N) is 1. The average molecular weight is 376 g/mol. The number of carbonyl (C=O) groups is 1. The van der Waals surface area contributed by atoms with Crippen molar-refractivity contribution in [2.75, 3.05) is 5.32 Å². The van der Waals surface area contributed by atoms with Crippen LogP contribution in [0.25, 0.3) is 10.2 Å². The molecule has 2 heterocycles. The lowest BCUT2D eigenvalue weighted by molar-refractivity contribution is -0.115. The van der Waals surface area contributed by atoms with Crippen LogP contribution in [-0.2, 0) is 17.6 Å². The molecule has 0 fully saturated rings. The van der Waals surface area contributed by atoms with Gasteiger partial charge in [-0.1, -0.05) is 23.9 Å². The highest BCUT2D eigenvalue weighted by Crippen LogP contribution is 2.33. The van der Waals surface area contributed by atoms with Gasteiger partial charge in [0.25, 0.3) is 0 Å². The fourth-order valence-corrected chi connectivity index (χ4v) is 5.98. The van der Waals surface area contributed by atoms with E-state index < -0.39 is 0 Å². The molecule has 1 atom stereocenters. The largest absolute Gasteiger partial charge is 0.301 e. The number of para-hydroxylation sites is 1. The van der Waals surface area contributed by atoms with Gasteiger partial charge in [0.05, 0.1) is 21.2 Å². The molecule has 1 aliphatic carbocycles. The van der Waals surface area contributed by atoms with E-state index in [4.69, 9.17) is 0 Å². The van der Waals surface area contributed by atoms with Crippen LogP contribution in [-0.4, -0.2) is 21.1 Å². The first-order valence-electron chi connectivity index (χ1n) is 8.01. The van der Waals surface area contributed by atoms with E-state index in [9.17, 15) is 4.79 Å². The summed E-state index contributed by atoms with van der Waals surface area (Å²) in [6, 6.07) is 8.05.